The first kappa shape index (κ1) is 14.3. The zero-order valence-corrected chi connectivity index (χ0v) is 13.0. The maximum absolute atomic E-state index is 12.4. The average Bonchev–Trinajstić information content (AvgIpc) is 3.35. The molecular weight excluding hydrogens is 328 g/mol. The molecule has 4 rings (SSSR count). The molecule has 0 unspecified atom stereocenters. The molecule has 0 radical (unpaired) electrons. The van der Waals surface area contributed by atoms with E-state index in [1.165, 1.54) is 28.7 Å². The number of pyridine rings is 1. The summed E-state index contributed by atoms with van der Waals surface area (Å²) in [5.41, 5.74) is 0.820. The summed E-state index contributed by atoms with van der Waals surface area (Å²) >= 11 is 1.34. The molecule has 0 fully saturated rings. The normalized spacial score (nSPS) is 10.7. The first-order chi connectivity index (χ1) is 11.8. The Morgan fingerprint density at radius 2 is 2.25 bits per heavy atom. The lowest BCUT2D eigenvalue weighted by Crippen LogP contribution is -2.15. The molecule has 9 heteroatoms. The van der Waals surface area contributed by atoms with Gasteiger partial charge in [0.2, 0.25) is 0 Å². The minimum atomic E-state index is -0.335. The first-order valence-electron chi connectivity index (χ1n) is 6.92. The topological polar surface area (TPSA) is 98.7 Å². The number of carbonyl (C=O) groups is 1. The van der Waals surface area contributed by atoms with Gasteiger partial charge in [-0.3, -0.25) is 4.79 Å². The highest BCUT2D eigenvalue weighted by Gasteiger charge is 2.16. The van der Waals surface area contributed by atoms with Crippen LogP contribution in [0.25, 0.3) is 16.6 Å². The number of hydrogen-bond donors (Lipinski definition) is 1. The van der Waals surface area contributed by atoms with Crippen molar-refractivity contribution < 1.29 is 9.21 Å². The minimum Gasteiger partial charge on any atom is -0.462 e. The summed E-state index contributed by atoms with van der Waals surface area (Å²) in [5.74, 6) is 0.770. The quantitative estimate of drug-likeness (QED) is 0.614. The number of hydrogen-bond acceptors (Lipinski definition) is 7. The van der Waals surface area contributed by atoms with Crippen LogP contribution >= 0.6 is 11.3 Å². The highest BCUT2D eigenvalue weighted by molar-refractivity contribution is 7.13. The summed E-state index contributed by atoms with van der Waals surface area (Å²) in [6.07, 6.45) is 6.09. The van der Waals surface area contributed by atoms with Crippen molar-refractivity contribution in [2.45, 2.75) is 0 Å². The number of nitrogens with zero attached hydrogens (tertiary/aromatic N) is 5. The standard InChI is InChI=1S/C15H10N6O2S/c22-14(11-7-24-15(20-11)12-4-2-6-23-12)19-10-3-1-5-17-13(10)21-9-16-8-18-21/h1-9H,(H,19,22). The SMILES string of the molecule is O=C(Nc1cccnc1-n1cncn1)c1csc(-c2ccco2)n1. The van der Waals surface area contributed by atoms with Gasteiger partial charge in [0.15, 0.2) is 16.6 Å². The molecule has 8 nitrogen and oxygen atoms in total. The predicted molar refractivity (Wildman–Crippen MR) is 86.9 cm³/mol. The monoisotopic (exact) mass is 338 g/mol. The molecular formula is C15H10N6O2S. The molecule has 118 valence electrons. The third-order valence-electron chi connectivity index (χ3n) is 3.14. The smallest absolute Gasteiger partial charge is 0.275 e. The molecule has 0 bridgehead atoms. The molecule has 0 atom stereocenters. The number of nitrogens with one attached hydrogen (secondary N) is 1. The number of anilines is 1. The lowest BCUT2D eigenvalue weighted by Gasteiger charge is -2.08. The molecule has 0 aliphatic carbocycles. The maximum atomic E-state index is 12.4. The van der Waals surface area contributed by atoms with Crippen LogP contribution in [0.15, 0.2) is 59.2 Å². The second-order valence-corrected chi connectivity index (χ2v) is 5.54. The maximum Gasteiger partial charge on any atom is 0.275 e. The molecule has 4 heterocycles. The van der Waals surface area contributed by atoms with E-state index in [1.54, 1.807) is 42.1 Å². The Morgan fingerprint density at radius 1 is 1.29 bits per heavy atom. The van der Waals surface area contributed by atoms with Crippen LogP contribution in [-0.2, 0) is 0 Å². The van der Waals surface area contributed by atoms with Crippen LogP contribution in [-0.4, -0.2) is 30.6 Å². The van der Waals surface area contributed by atoms with Crippen molar-refractivity contribution in [2.24, 2.45) is 0 Å². The Hall–Kier alpha value is -3.33. The van der Waals surface area contributed by atoms with Crippen LogP contribution in [0.3, 0.4) is 0 Å². The van der Waals surface area contributed by atoms with Crippen LogP contribution in [0, 0.1) is 0 Å². The summed E-state index contributed by atoms with van der Waals surface area (Å²) in [6.45, 7) is 0. The van der Waals surface area contributed by atoms with Gasteiger partial charge >= 0.3 is 0 Å². The fourth-order valence-corrected chi connectivity index (χ4v) is 2.84. The number of rotatable bonds is 4. The zero-order chi connectivity index (χ0) is 16.4. The van der Waals surface area contributed by atoms with Crippen molar-refractivity contribution in [3.8, 4) is 16.6 Å². The number of carbonyl (C=O) groups excluding carboxylic acids is 1. The fourth-order valence-electron chi connectivity index (χ4n) is 2.07. The fraction of sp³-hybridized carbons (Fsp3) is 0. The van der Waals surface area contributed by atoms with Gasteiger partial charge < -0.3 is 9.73 Å². The van der Waals surface area contributed by atoms with Gasteiger partial charge in [-0.2, -0.15) is 5.10 Å². The Bertz CT molecular complexity index is 962. The van der Waals surface area contributed by atoms with Crippen molar-refractivity contribution in [2.75, 3.05) is 5.32 Å². The van der Waals surface area contributed by atoms with Crippen LogP contribution < -0.4 is 5.32 Å². The molecule has 0 saturated heterocycles. The van der Waals surface area contributed by atoms with E-state index < -0.39 is 0 Å². The highest BCUT2D eigenvalue weighted by Crippen LogP contribution is 2.24. The van der Waals surface area contributed by atoms with Gasteiger partial charge in [-0.25, -0.2) is 19.6 Å². The first-order valence-corrected chi connectivity index (χ1v) is 7.80. The van der Waals surface area contributed by atoms with E-state index in [1.807, 2.05) is 0 Å². The van der Waals surface area contributed by atoms with Crippen molar-refractivity contribution in [3.05, 3.63) is 60.5 Å². The summed E-state index contributed by atoms with van der Waals surface area (Å²) < 4.78 is 6.76. The van der Waals surface area contributed by atoms with Crippen molar-refractivity contribution in [1.29, 1.82) is 0 Å². The van der Waals surface area contributed by atoms with Gasteiger partial charge in [-0.1, -0.05) is 0 Å². The summed E-state index contributed by atoms with van der Waals surface area (Å²) in [5, 5.41) is 9.15. The molecule has 0 aliphatic rings. The van der Waals surface area contributed by atoms with Gasteiger partial charge in [0.1, 0.15) is 18.3 Å². The van der Waals surface area contributed by atoms with Gasteiger partial charge in [0.25, 0.3) is 5.91 Å². The zero-order valence-electron chi connectivity index (χ0n) is 12.2. The van der Waals surface area contributed by atoms with Gasteiger partial charge in [0.05, 0.1) is 12.0 Å². The Balaban J connectivity index is 1.59. The average molecular weight is 338 g/mol. The summed E-state index contributed by atoms with van der Waals surface area (Å²) in [7, 11) is 0. The van der Waals surface area contributed by atoms with E-state index in [9.17, 15) is 4.79 Å². The third-order valence-corrected chi connectivity index (χ3v) is 4.00. The minimum absolute atomic E-state index is 0.305. The summed E-state index contributed by atoms with van der Waals surface area (Å²) in [4.78, 5) is 24.9. The van der Waals surface area contributed by atoms with Crippen molar-refractivity contribution in [1.82, 2.24) is 24.7 Å². The largest absolute Gasteiger partial charge is 0.462 e. The highest BCUT2D eigenvalue weighted by atomic mass is 32.1. The number of furan rings is 1. The van der Waals surface area contributed by atoms with E-state index >= 15 is 0 Å². The number of amides is 1. The van der Waals surface area contributed by atoms with Gasteiger partial charge in [-0.05, 0) is 24.3 Å². The number of thiazole rings is 1. The summed E-state index contributed by atoms with van der Waals surface area (Å²) in [6, 6.07) is 7.04. The molecule has 4 aromatic rings. The Kier molecular flexibility index (Phi) is 3.60. The van der Waals surface area contributed by atoms with Crippen LogP contribution in [0.4, 0.5) is 5.69 Å². The second kappa shape index (κ2) is 6.05. The van der Waals surface area contributed by atoms with E-state index in [4.69, 9.17) is 4.42 Å². The lowest BCUT2D eigenvalue weighted by molar-refractivity contribution is 0.102. The third kappa shape index (κ3) is 2.68. The molecule has 0 aliphatic heterocycles. The van der Waals surface area contributed by atoms with Gasteiger partial charge in [-0.15, -0.1) is 11.3 Å². The Labute approximate surface area is 139 Å². The van der Waals surface area contributed by atoms with Crippen LogP contribution in [0.5, 0.6) is 0 Å². The number of aromatic nitrogens is 5. The van der Waals surface area contributed by atoms with Crippen molar-refractivity contribution >= 4 is 22.9 Å². The van der Waals surface area contributed by atoms with Crippen LogP contribution in [0.1, 0.15) is 10.5 Å². The lowest BCUT2D eigenvalue weighted by atomic mass is 10.3. The van der Waals surface area contributed by atoms with Gasteiger partial charge in [0, 0.05) is 11.6 Å². The molecule has 4 aromatic heterocycles. The molecule has 0 spiro atoms. The molecule has 0 saturated carbocycles. The molecule has 24 heavy (non-hydrogen) atoms. The van der Waals surface area contributed by atoms with Crippen LogP contribution in [0.2, 0.25) is 0 Å². The second-order valence-electron chi connectivity index (χ2n) is 4.68. The van der Waals surface area contributed by atoms with E-state index in [2.05, 4.69) is 25.4 Å². The van der Waals surface area contributed by atoms with Crippen molar-refractivity contribution in [3.63, 3.8) is 0 Å². The molecule has 1 amide bonds. The molecule has 1 N–H and O–H groups in total. The van der Waals surface area contributed by atoms with E-state index in [0.29, 0.717) is 28.0 Å². The van der Waals surface area contributed by atoms with E-state index in [-0.39, 0.29) is 5.91 Å². The molecule has 0 aromatic carbocycles. The Morgan fingerprint density at radius 3 is 3.04 bits per heavy atom. The van der Waals surface area contributed by atoms with E-state index in [0.717, 1.165) is 0 Å². The predicted octanol–water partition coefficient (Wildman–Crippen LogP) is 2.63.